The fraction of sp³-hybridized carbons (Fsp3) is 0.368. The number of carbonyl (C=O) groups excluding carboxylic acids is 1. The molecular formula is C19H20N2O3. The van der Waals surface area contributed by atoms with Crippen LogP contribution in [0.15, 0.2) is 41.2 Å². The first-order valence-electron chi connectivity index (χ1n) is 8.41. The topological polar surface area (TPSA) is 73.4 Å². The number of aromatic nitrogens is 1. The molecule has 1 aliphatic carbocycles. The van der Waals surface area contributed by atoms with Crippen molar-refractivity contribution in [3.8, 4) is 0 Å². The first-order valence-corrected chi connectivity index (χ1v) is 8.41. The van der Waals surface area contributed by atoms with Crippen molar-refractivity contribution < 1.29 is 9.90 Å². The summed E-state index contributed by atoms with van der Waals surface area (Å²) in [7, 11) is 0. The van der Waals surface area contributed by atoms with E-state index in [1.54, 1.807) is 11.0 Å². The van der Waals surface area contributed by atoms with Crippen LogP contribution in [0.1, 0.15) is 52.0 Å². The van der Waals surface area contributed by atoms with Crippen LogP contribution in [0.5, 0.6) is 0 Å². The molecule has 0 unspecified atom stereocenters. The number of nitrogens with one attached hydrogen (secondary N) is 1. The Bertz CT molecular complexity index is 839. The molecule has 2 aliphatic rings. The number of aliphatic hydroxyl groups is 1. The summed E-state index contributed by atoms with van der Waals surface area (Å²) >= 11 is 0. The van der Waals surface area contributed by atoms with Gasteiger partial charge in [-0.15, -0.1) is 0 Å². The number of carbonyl (C=O) groups is 1. The van der Waals surface area contributed by atoms with Gasteiger partial charge in [-0.2, -0.15) is 0 Å². The second-order valence-corrected chi connectivity index (χ2v) is 6.61. The second kappa shape index (κ2) is 5.91. The van der Waals surface area contributed by atoms with Crippen molar-refractivity contribution in [1.29, 1.82) is 0 Å². The Morgan fingerprint density at radius 2 is 2.04 bits per heavy atom. The number of hydrogen-bond acceptors (Lipinski definition) is 3. The van der Waals surface area contributed by atoms with Gasteiger partial charge in [0.2, 0.25) is 5.56 Å². The predicted octanol–water partition coefficient (Wildman–Crippen LogP) is 1.98. The number of H-pyrrole nitrogens is 1. The summed E-state index contributed by atoms with van der Waals surface area (Å²) in [5, 5.41) is 9.85. The minimum absolute atomic E-state index is 0.124. The Morgan fingerprint density at radius 3 is 2.79 bits per heavy atom. The smallest absolute Gasteiger partial charge is 0.254 e. The molecule has 0 bridgehead atoms. The number of benzene rings is 1. The van der Waals surface area contributed by atoms with Gasteiger partial charge in [0.1, 0.15) is 0 Å². The Labute approximate surface area is 139 Å². The average Bonchev–Trinajstić information content (AvgIpc) is 3.44. The summed E-state index contributed by atoms with van der Waals surface area (Å²) in [5.74, 6) is 0.192. The van der Waals surface area contributed by atoms with Gasteiger partial charge in [-0.1, -0.05) is 24.3 Å². The first kappa shape index (κ1) is 15.1. The van der Waals surface area contributed by atoms with Gasteiger partial charge in [-0.25, -0.2) is 0 Å². The minimum atomic E-state index is -0.355. The normalized spacial score (nSPS) is 19.9. The van der Waals surface area contributed by atoms with E-state index in [2.05, 4.69) is 4.98 Å². The Kier molecular flexibility index (Phi) is 3.73. The van der Waals surface area contributed by atoms with Gasteiger partial charge in [0, 0.05) is 23.9 Å². The maximum Gasteiger partial charge on any atom is 0.254 e. The van der Waals surface area contributed by atoms with Gasteiger partial charge in [-0.3, -0.25) is 9.59 Å². The minimum Gasteiger partial charge on any atom is -0.394 e. The van der Waals surface area contributed by atoms with Crippen molar-refractivity contribution >= 4 is 5.91 Å². The number of pyridine rings is 1. The van der Waals surface area contributed by atoms with E-state index >= 15 is 0 Å². The van der Waals surface area contributed by atoms with Crippen LogP contribution in [-0.4, -0.2) is 34.0 Å². The predicted molar refractivity (Wildman–Crippen MR) is 90.0 cm³/mol. The molecule has 5 nitrogen and oxygen atoms in total. The molecule has 2 N–H and O–H groups in total. The third-order valence-electron chi connectivity index (χ3n) is 4.98. The maximum absolute atomic E-state index is 13.0. The van der Waals surface area contributed by atoms with Gasteiger partial charge in [0.15, 0.2) is 0 Å². The quantitative estimate of drug-likeness (QED) is 0.907. The molecule has 0 spiro atoms. The second-order valence-electron chi connectivity index (χ2n) is 6.61. The molecule has 2 heterocycles. The average molecular weight is 324 g/mol. The van der Waals surface area contributed by atoms with Crippen molar-refractivity contribution in [2.45, 2.75) is 31.2 Å². The molecule has 0 saturated heterocycles. The maximum atomic E-state index is 13.0. The third-order valence-corrected chi connectivity index (χ3v) is 4.98. The molecule has 1 saturated carbocycles. The fourth-order valence-electron chi connectivity index (χ4n) is 3.56. The number of nitrogens with zero attached hydrogens (tertiary/aromatic N) is 1. The van der Waals surface area contributed by atoms with Crippen LogP contribution in [0.25, 0.3) is 0 Å². The highest BCUT2D eigenvalue weighted by atomic mass is 16.3. The van der Waals surface area contributed by atoms with E-state index in [4.69, 9.17) is 0 Å². The van der Waals surface area contributed by atoms with E-state index in [1.807, 2.05) is 24.3 Å². The van der Waals surface area contributed by atoms with Crippen molar-refractivity contribution in [3.63, 3.8) is 0 Å². The monoisotopic (exact) mass is 324 g/mol. The lowest BCUT2D eigenvalue weighted by atomic mass is 9.92. The summed E-state index contributed by atoms with van der Waals surface area (Å²) in [6.45, 7) is 0.425. The number of fused-ring (bicyclic) bond motifs is 1. The van der Waals surface area contributed by atoms with Gasteiger partial charge < -0.3 is 15.0 Å². The summed E-state index contributed by atoms with van der Waals surface area (Å²) in [6, 6.07) is 10.7. The molecule has 0 radical (unpaired) electrons. The van der Waals surface area contributed by atoms with Crippen LogP contribution in [0, 0.1) is 0 Å². The van der Waals surface area contributed by atoms with Gasteiger partial charge >= 0.3 is 0 Å². The van der Waals surface area contributed by atoms with Crippen LogP contribution in [-0.2, 0) is 6.42 Å². The van der Waals surface area contributed by atoms with Gasteiger partial charge in [-0.05, 0) is 42.4 Å². The highest BCUT2D eigenvalue weighted by Crippen LogP contribution is 2.39. The lowest BCUT2D eigenvalue weighted by Gasteiger charge is -2.36. The molecule has 1 aromatic heterocycles. The molecule has 1 aliphatic heterocycles. The molecule has 4 rings (SSSR count). The van der Waals surface area contributed by atoms with Crippen LogP contribution in [0.3, 0.4) is 0 Å². The van der Waals surface area contributed by atoms with Gasteiger partial charge in [0.25, 0.3) is 5.91 Å². The van der Waals surface area contributed by atoms with E-state index in [0.29, 0.717) is 18.0 Å². The van der Waals surface area contributed by atoms with Crippen LogP contribution < -0.4 is 5.56 Å². The molecule has 5 heteroatoms. The lowest BCUT2D eigenvalue weighted by Crippen LogP contribution is -2.42. The van der Waals surface area contributed by atoms with Crippen molar-refractivity contribution in [1.82, 2.24) is 9.88 Å². The lowest BCUT2D eigenvalue weighted by molar-refractivity contribution is 0.0568. The molecule has 1 aromatic carbocycles. The zero-order chi connectivity index (χ0) is 16.7. The largest absolute Gasteiger partial charge is 0.394 e. The van der Waals surface area contributed by atoms with Crippen LogP contribution in [0.4, 0.5) is 0 Å². The number of aliphatic hydroxyl groups excluding tert-OH is 1. The molecule has 1 fully saturated rings. The van der Waals surface area contributed by atoms with E-state index in [-0.39, 0.29) is 24.1 Å². The highest BCUT2D eigenvalue weighted by Gasteiger charge is 2.32. The number of rotatable bonds is 3. The van der Waals surface area contributed by atoms with Gasteiger partial charge in [0.05, 0.1) is 12.6 Å². The molecule has 124 valence electrons. The molecule has 1 amide bonds. The van der Waals surface area contributed by atoms with Crippen molar-refractivity contribution in [2.75, 3.05) is 13.2 Å². The number of aromatic amines is 1. The van der Waals surface area contributed by atoms with E-state index in [0.717, 1.165) is 30.5 Å². The Morgan fingerprint density at radius 1 is 1.25 bits per heavy atom. The van der Waals surface area contributed by atoms with E-state index < -0.39 is 0 Å². The Balaban J connectivity index is 1.68. The van der Waals surface area contributed by atoms with E-state index in [9.17, 15) is 14.7 Å². The number of hydrogen-bond donors (Lipinski definition) is 2. The standard InChI is InChI=1S/C19H20N2O3/c22-11-17-15-4-2-1-3-12(15)7-8-21(17)19(24)14-9-16(13-5-6-13)20-18(23)10-14/h1-4,9-10,13,17,22H,5-8,11H2,(H,20,23)/t17-/m1/s1. The van der Waals surface area contributed by atoms with Crippen molar-refractivity contribution in [2.24, 2.45) is 0 Å². The Hall–Kier alpha value is -2.40. The first-order chi connectivity index (χ1) is 11.7. The summed E-state index contributed by atoms with van der Waals surface area (Å²) in [5.41, 5.74) is 3.19. The van der Waals surface area contributed by atoms with Crippen molar-refractivity contribution in [3.05, 3.63) is 69.1 Å². The zero-order valence-electron chi connectivity index (χ0n) is 13.4. The van der Waals surface area contributed by atoms with Crippen LogP contribution in [0.2, 0.25) is 0 Å². The number of amides is 1. The summed E-state index contributed by atoms with van der Waals surface area (Å²) < 4.78 is 0. The SMILES string of the molecule is O=C(c1cc(C2CC2)[nH]c(=O)c1)N1CCc2ccccc2[C@H]1CO. The zero-order valence-corrected chi connectivity index (χ0v) is 13.4. The van der Waals surface area contributed by atoms with Crippen LogP contribution >= 0.6 is 0 Å². The third kappa shape index (κ3) is 2.65. The highest BCUT2D eigenvalue weighted by molar-refractivity contribution is 5.94. The molecule has 1 atom stereocenters. The van der Waals surface area contributed by atoms with E-state index in [1.165, 1.54) is 11.6 Å². The summed E-state index contributed by atoms with van der Waals surface area (Å²) in [4.78, 5) is 29.4. The summed E-state index contributed by atoms with van der Waals surface area (Å²) in [6.07, 6.45) is 2.88. The molecule has 2 aromatic rings. The fourth-order valence-corrected chi connectivity index (χ4v) is 3.56. The molecular weight excluding hydrogens is 304 g/mol. The molecule has 24 heavy (non-hydrogen) atoms.